The van der Waals surface area contributed by atoms with E-state index in [1.165, 1.54) is 20.8 Å². The van der Waals surface area contributed by atoms with Gasteiger partial charge in [0.05, 0.1) is 93.4 Å². The third-order valence-corrected chi connectivity index (χ3v) is 21.1. The summed E-state index contributed by atoms with van der Waals surface area (Å²) >= 11 is 0. The molecule has 0 aromatic heterocycles. The minimum absolute atomic E-state index is 0.00698. The minimum atomic E-state index is -1.29. The lowest BCUT2D eigenvalue weighted by Crippen LogP contribution is -2.64. The summed E-state index contributed by atoms with van der Waals surface area (Å²) < 4.78 is 119. The van der Waals surface area contributed by atoms with Crippen LogP contribution < -0.4 is 0 Å². The van der Waals surface area contributed by atoms with Crippen LogP contribution in [-0.4, -0.2) is 180 Å². The van der Waals surface area contributed by atoms with Crippen molar-refractivity contribution in [3.05, 3.63) is 141 Å². The summed E-state index contributed by atoms with van der Waals surface area (Å²) in [5, 5.41) is 8.63. The first-order valence-corrected chi connectivity index (χ1v) is 36.4. The molecule has 6 fully saturated rings. The molecule has 27 nitrogen and oxygen atoms in total. The van der Waals surface area contributed by atoms with Gasteiger partial charge in [-0.2, -0.15) is 0 Å². The lowest BCUT2D eigenvalue weighted by molar-refractivity contribution is -0.371. The van der Waals surface area contributed by atoms with Crippen molar-refractivity contribution in [3.63, 3.8) is 0 Å². The second-order valence-electron chi connectivity index (χ2n) is 28.5. The van der Waals surface area contributed by atoms with Gasteiger partial charge in [0.15, 0.2) is 37.7 Å². The van der Waals surface area contributed by atoms with E-state index >= 15 is 0 Å². The number of carbonyl (C=O) groups is 3. The first kappa shape index (κ1) is 80.9. The van der Waals surface area contributed by atoms with Gasteiger partial charge in [-0.05, 0) is 79.1 Å². The summed E-state index contributed by atoms with van der Waals surface area (Å²) in [6, 6.07) is 27.1. The molecular weight excluding hydrogens is 1330 g/mol. The zero-order valence-corrected chi connectivity index (χ0v) is 61.9. The summed E-state index contributed by atoms with van der Waals surface area (Å²) in [4.78, 5) is 44.3. The first-order chi connectivity index (χ1) is 49.5. The standard InChI is InChI=1S/C76H108N6O21/c1-16-17-27-34-86-71-42(3)41(2)64(58(96-71)38-87-52(13)83)99-73-47(8)67(91-36-56-30-23-19-24-31-56)69(50(11)94-73)102-76-62(80-82-78)45(6)66(60(98-76)40-89-54(15)85)101-74-48(9)68(92-37-57-32-25-20-26-33-57)70(51(12)95-74)103-75-61(79-81-77)44(5)65(59(97-75)39-88-53(14)84)100-72-46(7)63(43(4)49(10)93-72)90-35-55-28-21-18-22-29-55/h16,18-26,28-33,41-51,58-76H,1,17,27,34-40H2,2-15H3/t41-,42?,43-,44-,45-,46?,47?,48?,49?,50?,51?,58?,59?,60?,61?,62?,63-,64+,65+,66+,67+,68+,69-,70-,71-,72+,73+,74+,75+,76-/m1/s1. The number of hydrogen-bond donors (Lipinski definition) is 0. The van der Waals surface area contributed by atoms with Gasteiger partial charge in [-0.3, -0.25) is 14.4 Å². The van der Waals surface area contributed by atoms with Crippen molar-refractivity contribution >= 4 is 17.9 Å². The average molecular weight is 1440 g/mol. The molecule has 568 valence electrons. The molecule has 3 aromatic rings. The van der Waals surface area contributed by atoms with Gasteiger partial charge in [0.1, 0.15) is 50.3 Å². The van der Waals surface area contributed by atoms with Crippen molar-refractivity contribution in [2.45, 2.75) is 265 Å². The first-order valence-electron chi connectivity index (χ1n) is 36.4. The topological polar surface area (TPSA) is 315 Å². The largest absolute Gasteiger partial charge is 0.463 e. The van der Waals surface area contributed by atoms with Crippen molar-refractivity contribution < 1.29 is 99.6 Å². The molecule has 6 aliphatic heterocycles. The molecule has 6 saturated heterocycles. The predicted molar refractivity (Wildman–Crippen MR) is 373 cm³/mol. The van der Waals surface area contributed by atoms with Crippen molar-refractivity contribution in [2.75, 3.05) is 26.4 Å². The lowest BCUT2D eigenvalue weighted by Gasteiger charge is -2.52. The van der Waals surface area contributed by atoms with E-state index in [-0.39, 0.29) is 68.9 Å². The van der Waals surface area contributed by atoms with Crippen molar-refractivity contribution in [1.82, 2.24) is 0 Å². The van der Waals surface area contributed by atoms with Crippen LogP contribution in [-0.2, 0) is 119 Å². The number of azide groups is 2. The van der Waals surface area contributed by atoms with Crippen LogP contribution in [0, 0.1) is 47.3 Å². The highest BCUT2D eigenvalue weighted by molar-refractivity contribution is 5.66. The minimum Gasteiger partial charge on any atom is -0.463 e. The fourth-order valence-corrected chi connectivity index (χ4v) is 14.7. The van der Waals surface area contributed by atoms with Crippen LogP contribution in [0.1, 0.15) is 126 Å². The van der Waals surface area contributed by atoms with Crippen LogP contribution in [0.4, 0.5) is 0 Å². The number of nitrogens with zero attached hydrogens (tertiary/aromatic N) is 6. The molecule has 0 N–H and O–H groups in total. The summed E-state index contributed by atoms with van der Waals surface area (Å²) in [5.41, 5.74) is 23.5. The fourth-order valence-electron chi connectivity index (χ4n) is 14.7. The molecule has 0 aliphatic carbocycles. The predicted octanol–water partition coefficient (Wildman–Crippen LogP) is 12.2. The molecular formula is C76H108N6O21. The molecule has 30 atom stereocenters. The van der Waals surface area contributed by atoms with Crippen LogP contribution in [0.25, 0.3) is 20.9 Å². The summed E-state index contributed by atoms with van der Waals surface area (Å²) in [6.07, 6.45) is -13.3. The molecule has 0 amide bonds. The van der Waals surface area contributed by atoms with Crippen LogP contribution in [0.3, 0.4) is 0 Å². The molecule has 0 spiro atoms. The van der Waals surface area contributed by atoms with Gasteiger partial charge in [-0.15, -0.1) is 6.58 Å². The van der Waals surface area contributed by atoms with Crippen molar-refractivity contribution in [3.8, 4) is 0 Å². The maximum absolute atomic E-state index is 12.8. The Bertz CT molecular complexity index is 3230. The number of carbonyl (C=O) groups excluding carboxylic acids is 3. The van der Waals surface area contributed by atoms with Crippen LogP contribution in [0.2, 0.25) is 0 Å². The van der Waals surface area contributed by atoms with E-state index in [2.05, 4.69) is 40.5 Å². The Balaban J connectivity index is 0.956. The molecule has 0 bridgehead atoms. The molecule has 12 unspecified atom stereocenters. The van der Waals surface area contributed by atoms with Gasteiger partial charge in [0.2, 0.25) is 0 Å². The number of ether oxygens (including phenoxy) is 18. The van der Waals surface area contributed by atoms with E-state index in [0.717, 1.165) is 29.5 Å². The van der Waals surface area contributed by atoms with Crippen molar-refractivity contribution in [1.29, 1.82) is 0 Å². The Morgan fingerprint density at radius 1 is 0.398 bits per heavy atom. The fraction of sp³-hybridized carbons (Fsp3) is 0.697. The Labute approximate surface area is 605 Å². The quantitative estimate of drug-likeness (QED) is 0.0107. The van der Waals surface area contributed by atoms with E-state index in [1.807, 2.05) is 152 Å². The van der Waals surface area contributed by atoms with Gasteiger partial charge in [0.25, 0.3) is 0 Å². The number of esters is 3. The highest BCUT2D eigenvalue weighted by Crippen LogP contribution is 2.45. The van der Waals surface area contributed by atoms with Crippen LogP contribution in [0.5, 0.6) is 0 Å². The molecule has 3 aromatic carbocycles. The normalized spacial score (nSPS) is 38.2. The Morgan fingerprint density at radius 3 is 1.11 bits per heavy atom. The summed E-state index contributed by atoms with van der Waals surface area (Å²) in [6.45, 7) is 29.6. The maximum Gasteiger partial charge on any atom is 0.302 e. The van der Waals surface area contributed by atoms with Gasteiger partial charge in [0, 0.05) is 60.2 Å². The van der Waals surface area contributed by atoms with Crippen LogP contribution in [0.15, 0.2) is 114 Å². The molecule has 27 heteroatoms. The smallest absolute Gasteiger partial charge is 0.302 e. The Kier molecular flexibility index (Phi) is 30.6. The molecule has 103 heavy (non-hydrogen) atoms. The number of unbranched alkanes of at least 4 members (excludes halogenated alkanes) is 1. The second-order valence-corrected chi connectivity index (χ2v) is 28.5. The number of allylic oxidation sites excluding steroid dienone is 1. The zero-order valence-electron chi connectivity index (χ0n) is 61.9. The average Bonchev–Trinajstić information content (AvgIpc) is 0.775. The van der Waals surface area contributed by atoms with Crippen molar-refractivity contribution in [2.24, 2.45) is 57.6 Å². The van der Waals surface area contributed by atoms with Gasteiger partial charge < -0.3 is 85.3 Å². The summed E-state index contributed by atoms with van der Waals surface area (Å²) in [5.74, 6) is -4.71. The van der Waals surface area contributed by atoms with Gasteiger partial charge in [-0.25, -0.2) is 0 Å². The molecule has 6 aliphatic rings. The van der Waals surface area contributed by atoms with E-state index in [9.17, 15) is 25.4 Å². The van der Waals surface area contributed by atoms with E-state index in [0.29, 0.717) is 13.2 Å². The monoisotopic (exact) mass is 1440 g/mol. The van der Waals surface area contributed by atoms with E-state index in [1.54, 1.807) is 6.92 Å². The molecule has 0 radical (unpaired) electrons. The van der Waals surface area contributed by atoms with Gasteiger partial charge in [-0.1, -0.05) is 163 Å². The van der Waals surface area contributed by atoms with Gasteiger partial charge >= 0.3 is 17.9 Å². The molecule has 6 heterocycles. The Hall–Kier alpha value is -6.17. The third kappa shape index (κ3) is 21.1. The Morgan fingerprint density at radius 2 is 0.738 bits per heavy atom. The third-order valence-electron chi connectivity index (χ3n) is 21.1. The zero-order chi connectivity index (χ0) is 74.0. The number of benzene rings is 3. The maximum atomic E-state index is 12.8. The highest BCUT2D eigenvalue weighted by atomic mass is 16.8. The molecule has 9 rings (SSSR count). The van der Waals surface area contributed by atoms with Crippen LogP contribution >= 0.6 is 0 Å². The summed E-state index contributed by atoms with van der Waals surface area (Å²) in [7, 11) is 0. The number of hydrogen-bond acceptors (Lipinski definition) is 23. The number of rotatable bonds is 32. The van der Waals surface area contributed by atoms with E-state index in [4.69, 9.17) is 85.3 Å². The lowest BCUT2D eigenvalue weighted by atomic mass is 9.84. The molecule has 0 saturated carbocycles. The second kappa shape index (κ2) is 38.9. The van der Waals surface area contributed by atoms with E-state index < -0.39 is 165 Å². The highest BCUT2D eigenvalue weighted by Gasteiger charge is 2.57. The SMILES string of the molecule is C=CCCCO[C@@H]1OC(COC(C)=O)[C@@H](O[C@@H]2OC(C)[C@@H](O[C@H]3OC(COC(C)=O)[C@@H](O[C@@H]4OC(C)[C@@H](O[C@@H]5OC(COC(C)=O)[C@@H](O[C@@H]6OC(C)[C@@H](C)[C@@H](OCc7ccccc7)C6C)[C@H](C)C5N=[N+]=[N-])[C@@H](OCc5ccccc5)C4C)[C@H](C)C3N=[N+]=[N-])[C@@H](OCc3ccccc3)C2C)[C@H](C)C1C.